The summed E-state index contributed by atoms with van der Waals surface area (Å²) in [6.07, 6.45) is 4.02. The van der Waals surface area contributed by atoms with Crippen LogP contribution in [-0.2, 0) is 11.3 Å². The highest BCUT2D eigenvalue weighted by atomic mass is 35.5. The van der Waals surface area contributed by atoms with Crippen LogP contribution in [0.25, 0.3) is 10.9 Å². The van der Waals surface area contributed by atoms with Gasteiger partial charge in [0, 0.05) is 24.2 Å². The first-order chi connectivity index (χ1) is 10.7. The van der Waals surface area contributed by atoms with Crippen LogP contribution in [-0.4, -0.2) is 30.1 Å². The van der Waals surface area contributed by atoms with Crippen molar-refractivity contribution in [2.45, 2.75) is 19.4 Å². The molecular weight excluding hydrogens is 314 g/mol. The van der Waals surface area contributed by atoms with Crippen molar-refractivity contribution in [3.05, 3.63) is 46.8 Å². The lowest BCUT2D eigenvalue weighted by Crippen LogP contribution is -2.39. The van der Waals surface area contributed by atoms with Crippen molar-refractivity contribution in [3.8, 4) is 0 Å². The van der Waals surface area contributed by atoms with Crippen molar-refractivity contribution < 1.29 is 4.79 Å². The first kappa shape index (κ1) is 17.5. The second-order valence-electron chi connectivity index (χ2n) is 5.84. The summed E-state index contributed by atoms with van der Waals surface area (Å²) < 4.78 is 1.82. The maximum Gasteiger partial charge on any atom is 0.239 e. The van der Waals surface area contributed by atoms with Gasteiger partial charge in [-0.15, -0.1) is 12.4 Å². The minimum Gasteiger partial charge on any atom is -0.354 e. The van der Waals surface area contributed by atoms with Gasteiger partial charge < -0.3 is 15.2 Å². The van der Waals surface area contributed by atoms with Crippen LogP contribution >= 0.6 is 12.4 Å². The Morgan fingerprint density at radius 2 is 2.13 bits per heavy atom. The van der Waals surface area contributed by atoms with E-state index in [9.17, 15) is 9.59 Å². The van der Waals surface area contributed by atoms with E-state index in [0.29, 0.717) is 17.8 Å². The summed E-state index contributed by atoms with van der Waals surface area (Å²) in [5.74, 6) is 0.503. The van der Waals surface area contributed by atoms with E-state index in [1.165, 1.54) is 12.5 Å². The predicted octanol–water partition coefficient (Wildman–Crippen LogP) is 1.54. The second kappa shape index (κ2) is 8.13. The van der Waals surface area contributed by atoms with Crippen LogP contribution in [0.15, 0.2) is 41.3 Å². The van der Waals surface area contributed by atoms with Crippen molar-refractivity contribution >= 4 is 29.2 Å². The Labute approximate surface area is 141 Å². The van der Waals surface area contributed by atoms with E-state index in [4.69, 9.17) is 0 Å². The Morgan fingerprint density at radius 1 is 1.30 bits per heavy atom. The molecule has 1 aliphatic rings. The average molecular weight is 336 g/mol. The molecule has 23 heavy (non-hydrogen) atoms. The van der Waals surface area contributed by atoms with Crippen LogP contribution < -0.4 is 16.1 Å². The zero-order chi connectivity index (χ0) is 15.4. The number of benzene rings is 1. The number of carbonyl (C=O) groups is 1. The van der Waals surface area contributed by atoms with E-state index >= 15 is 0 Å². The molecule has 1 amide bonds. The molecule has 2 N–H and O–H groups in total. The summed E-state index contributed by atoms with van der Waals surface area (Å²) in [6.45, 7) is 3.00. The maximum atomic E-state index is 12.2. The van der Waals surface area contributed by atoms with Gasteiger partial charge in [-0.2, -0.15) is 0 Å². The number of rotatable bonds is 4. The van der Waals surface area contributed by atoms with Crippen LogP contribution in [0.5, 0.6) is 0 Å². The highest BCUT2D eigenvalue weighted by Crippen LogP contribution is 2.10. The quantitative estimate of drug-likeness (QED) is 0.891. The summed E-state index contributed by atoms with van der Waals surface area (Å²) in [5, 5.41) is 7.00. The number of nitrogens with zero attached hydrogens (tertiary/aromatic N) is 1. The highest BCUT2D eigenvalue weighted by molar-refractivity contribution is 5.85. The van der Waals surface area contributed by atoms with Gasteiger partial charge >= 0.3 is 0 Å². The molecule has 2 aromatic rings. The van der Waals surface area contributed by atoms with Gasteiger partial charge in [0.05, 0.1) is 5.52 Å². The number of halogens is 1. The Bertz CT molecular complexity index is 723. The Balaban J connectivity index is 0.00000192. The molecule has 1 aromatic heterocycles. The average Bonchev–Trinajstić information content (AvgIpc) is 2.57. The topological polar surface area (TPSA) is 63.1 Å². The number of para-hydroxylation sites is 1. The number of hydrogen-bond donors (Lipinski definition) is 2. The normalized spacial score (nSPS) is 17.5. The zero-order valence-corrected chi connectivity index (χ0v) is 13.8. The van der Waals surface area contributed by atoms with E-state index in [0.717, 1.165) is 25.0 Å². The largest absolute Gasteiger partial charge is 0.354 e. The SMILES string of the molecule is Cl.O=C(Cn1ccc(=O)c2ccccc21)NCC1CCCNC1. The molecule has 1 fully saturated rings. The van der Waals surface area contributed by atoms with Gasteiger partial charge in [0.1, 0.15) is 6.54 Å². The minimum atomic E-state index is -0.0145. The Hall–Kier alpha value is -1.85. The molecule has 1 aromatic carbocycles. The van der Waals surface area contributed by atoms with Crippen molar-refractivity contribution in [1.29, 1.82) is 0 Å². The molecule has 2 heterocycles. The summed E-state index contributed by atoms with van der Waals surface area (Å²) in [5.41, 5.74) is 0.782. The molecule has 6 heteroatoms. The molecule has 0 radical (unpaired) electrons. The van der Waals surface area contributed by atoms with Gasteiger partial charge in [-0.05, 0) is 44.0 Å². The van der Waals surface area contributed by atoms with E-state index < -0.39 is 0 Å². The number of piperidine rings is 1. The standard InChI is InChI=1S/C17H21N3O2.ClH/c21-16-7-9-20(15-6-2-1-5-14(15)16)12-17(22)19-11-13-4-3-8-18-10-13;/h1-2,5-7,9,13,18H,3-4,8,10-12H2,(H,19,22);1H. The number of nitrogens with one attached hydrogen (secondary N) is 2. The Morgan fingerprint density at radius 3 is 2.91 bits per heavy atom. The lowest BCUT2D eigenvalue weighted by Gasteiger charge is -2.23. The lowest BCUT2D eigenvalue weighted by atomic mass is 10.00. The van der Waals surface area contributed by atoms with Crippen molar-refractivity contribution in [2.24, 2.45) is 5.92 Å². The number of carbonyl (C=O) groups excluding carboxylic acids is 1. The molecule has 124 valence electrons. The second-order valence-corrected chi connectivity index (χ2v) is 5.84. The fourth-order valence-electron chi connectivity index (χ4n) is 2.97. The van der Waals surface area contributed by atoms with Crippen molar-refractivity contribution in [1.82, 2.24) is 15.2 Å². The predicted molar refractivity (Wildman–Crippen MR) is 94.1 cm³/mol. The number of pyridine rings is 1. The van der Waals surface area contributed by atoms with E-state index in [2.05, 4.69) is 10.6 Å². The maximum absolute atomic E-state index is 12.2. The fourth-order valence-corrected chi connectivity index (χ4v) is 2.97. The molecule has 0 spiro atoms. The van der Waals surface area contributed by atoms with Gasteiger partial charge in [-0.25, -0.2) is 0 Å². The monoisotopic (exact) mass is 335 g/mol. The van der Waals surface area contributed by atoms with Gasteiger partial charge in [0.2, 0.25) is 5.91 Å². The van der Waals surface area contributed by atoms with Crippen molar-refractivity contribution in [3.63, 3.8) is 0 Å². The van der Waals surface area contributed by atoms with E-state index in [1.54, 1.807) is 12.3 Å². The first-order valence-electron chi connectivity index (χ1n) is 7.79. The molecule has 5 nitrogen and oxygen atoms in total. The number of fused-ring (bicyclic) bond motifs is 1. The molecular formula is C17H22ClN3O2. The molecule has 1 saturated heterocycles. The number of hydrogen-bond acceptors (Lipinski definition) is 3. The highest BCUT2D eigenvalue weighted by Gasteiger charge is 2.14. The fraction of sp³-hybridized carbons (Fsp3) is 0.412. The molecule has 1 atom stereocenters. The molecule has 1 unspecified atom stereocenters. The van der Waals surface area contributed by atoms with Gasteiger partial charge in [0.15, 0.2) is 5.43 Å². The van der Waals surface area contributed by atoms with Crippen molar-refractivity contribution in [2.75, 3.05) is 19.6 Å². The van der Waals surface area contributed by atoms with Crippen LogP contribution in [0, 0.1) is 5.92 Å². The Kier molecular flexibility index (Phi) is 6.19. The smallest absolute Gasteiger partial charge is 0.239 e. The number of aromatic nitrogens is 1. The summed E-state index contributed by atoms with van der Waals surface area (Å²) >= 11 is 0. The van der Waals surface area contributed by atoms with Crippen LogP contribution in [0.1, 0.15) is 12.8 Å². The molecule has 1 aliphatic heterocycles. The molecule has 0 saturated carbocycles. The molecule has 0 bridgehead atoms. The molecule has 0 aliphatic carbocycles. The van der Waals surface area contributed by atoms with Gasteiger partial charge in [-0.1, -0.05) is 12.1 Å². The minimum absolute atomic E-state index is 0. The zero-order valence-electron chi connectivity index (χ0n) is 13.0. The third-order valence-electron chi connectivity index (χ3n) is 4.19. The van der Waals surface area contributed by atoms with Gasteiger partial charge in [0.25, 0.3) is 0 Å². The summed E-state index contributed by atoms with van der Waals surface area (Å²) in [6, 6.07) is 8.89. The number of amides is 1. The van der Waals surface area contributed by atoms with E-state index in [1.807, 2.05) is 22.8 Å². The lowest BCUT2D eigenvalue weighted by molar-refractivity contribution is -0.121. The van der Waals surface area contributed by atoms with Crippen LogP contribution in [0.2, 0.25) is 0 Å². The summed E-state index contributed by atoms with van der Waals surface area (Å²) in [4.78, 5) is 24.0. The van der Waals surface area contributed by atoms with Crippen LogP contribution in [0.4, 0.5) is 0 Å². The first-order valence-corrected chi connectivity index (χ1v) is 7.79. The third kappa shape index (κ3) is 4.33. The molecule has 3 rings (SSSR count). The van der Waals surface area contributed by atoms with Crippen LogP contribution in [0.3, 0.4) is 0 Å². The van der Waals surface area contributed by atoms with Gasteiger partial charge in [-0.3, -0.25) is 9.59 Å². The summed E-state index contributed by atoms with van der Waals surface area (Å²) in [7, 11) is 0. The van der Waals surface area contributed by atoms with E-state index in [-0.39, 0.29) is 30.3 Å². The third-order valence-corrected chi connectivity index (χ3v) is 4.19.